The molecule has 1 aliphatic rings. The molecule has 44 heavy (non-hydrogen) atoms. The first kappa shape index (κ1) is 34.7. The van der Waals surface area contributed by atoms with Crippen molar-refractivity contribution < 1.29 is 28.7 Å². The van der Waals surface area contributed by atoms with E-state index < -0.39 is 59.9 Å². The molecule has 0 saturated carbocycles. The smallest absolute Gasteiger partial charge is 0.311 e. The van der Waals surface area contributed by atoms with Crippen molar-refractivity contribution in [3.63, 3.8) is 0 Å². The van der Waals surface area contributed by atoms with Crippen LogP contribution in [0.25, 0.3) is 0 Å². The van der Waals surface area contributed by atoms with Crippen LogP contribution >= 0.6 is 11.3 Å². The van der Waals surface area contributed by atoms with Gasteiger partial charge in [0.25, 0.3) is 11.8 Å². The number of likely N-dealkylation sites (N-methyl/N-ethyl adjacent to an activating group) is 2. The monoisotopic (exact) mass is 627 g/mol. The molecule has 0 spiro atoms. The van der Waals surface area contributed by atoms with Gasteiger partial charge in [-0.25, -0.2) is 4.98 Å². The summed E-state index contributed by atoms with van der Waals surface area (Å²) in [4.78, 5) is 75.0. The van der Waals surface area contributed by atoms with E-state index in [2.05, 4.69) is 15.6 Å². The Morgan fingerprint density at radius 1 is 0.955 bits per heavy atom. The van der Waals surface area contributed by atoms with Gasteiger partial charge in [-0.2, -0.15) is 0 Å². The highest BCUT2D eigenvalue weighted by molar-refractivity contribution is 7.09. The van der Waals surface area contributed by atoms with E-state index in [4.69, 9.17) is 4.74 Å². The number of carbonyl (C=O) groups excluding carboxylic acids is 5. The van der Waals surface area contributed by atoms with Crippen molar-refractivity contribution in [3.05, 3.63) is 52.0 Å². The summed E-state index contributed by atoms with van der Waals surface area (Å²) in [5, 5.41) is 8.00. The first-order valence-corrected chi connectivity index (χ1v) is 16.0. The van der Waals surface area contributed by atoms with Crippen molar-refractivity contribution in [2.24, 2.45) is 11.8 Å². The number of benzene rings is 1. The highest BCUT2D eigenvalue weighted by Crippen LogP contribution is 2.22. The first-order chi connectivity index (χ1) is 20.8. The summed E-state index contributed by atoms with van der Waals surface area (Å²) in [5.41, 5.74) is 1.000. The Bertz CT molecular complexity index is 1330. The maximum Gasteiger partial charge on any atom is 0.311 e. The fraction of sp³-hybridized carbons (Fsp3) is 0.562. The lowest BCUT2D eigenvalue weighted by atomic mass is 9.97. The molecule has 0 saturated heterocycles. The lowest BCUT2D eigenvalue weighted by Crippen LogP contribution is -2.58. The Labute approximate surface area is 263 Å². The normalized spacial score (nSPS) is 26.4. The van der Waals surface area contributed by atoms with Crippen molar-refractivity contribution in [1.82, 2.24) is 25.4 Å². The zero-order valence-corrected chi connectivity index (χ0v) is 27.6. The quantitative estimate of drug-likeness (QED) is 0.485. The van der Waals surface area contributed by atoms with Crippen LogP contribution < -0.4 is 10.6 Å². The summed E-state index contributed by atoms with van der Waals surface area (Å²) >= 11 is 1.24. The van der Waals surface area contributed by atoms with E-state index >= 15 is 0 Å². The average molecular weight is 628 g/mol. The molecule has 2 N–H and O–H groups in total. The lowest BCUT2D eigenvalue weighted by Gasteiger charge is -2.37. The van der Waals surface area contributed by atoms with Crippen molar-refractivity contribution in [2.75, 3.05) is 14.1 Å². The number of amides is 4. The Morgan fingerprint density at radius 3 is 2.23 bits per heavy atom. The first-order valence-electron chi connectivity index (χ1n) is 15.1. The zero-order valence-electron chi connectivity index (χ0n) is 26.8. The van der Waals surface area contributed by atoms with Gasteiger partial charge in [-0.3, -0.25) is 24.0 Å². The molecule has 1 aromatic carbocycles. The molecule has 11 nitrogen and oxygen atoms in total. The molecule has 0 fully saturated rings. The number of aromatic nitrogens is 1. The second-order valence-corrected chi connectivity index (χ2v) is 12.7. The summed E-state index contributed by atoms with van der Waals surface area (Å²) in [6.45, 7) is 10.5. The molecule has 240 valence electrons. The zero-order chi connectivity index (χ0) is 32.7. The number of thiazole rings is 1. The summed E-state index contributed by atoms with van der Waals surface area (Å²) in [6, 6.07) is 6.36. The molecule has 1 unspecified atom stereocenters. The number of rotatable bonds is 5. The van der Waals surface area contributed by atoms with Crippen LogP contribution in [0, 0.1) is 11.8 Å². The van der Waals surface area contributed by atoms with Crippen LogP contribution in [0.15, 0.2) is 35.7 Å². The van der Waals surface area contributed by atoms with Crippen LogP contribution in [0.1, 0.15) is 81.5 Å². The van der Waals surface area contributed by atoms with Crippen LogP contribution in [-0.2, 0) is 30.3 Å². The number of nitrogens with zero attached hydrogens (tertiary/aromatic N) is 3. The Kier molecular flexibility index (Phi) is 12.0. The molecule has 3 rings (SSSR count). The van der Waals surface area contributed by atoms with Gasteiger partial charge in [0.1, 0.15) is 22.8 Å². The number of fused-ring (bicyclic) bond motifs is 2. The molecular weight excluding hydrogens is 582 g/mol. The summed E-state index contributed by atoms with van der Waals surface area (Å²) < 4.78 is 5.62. The molecular formula is C32H45N5O6S. The highest BCUT2D eigenvalue weighted by atomic mass is 32.1. The van der Waals surface area contributed by atoms with Gasteiger partial charge in [-0.05, 0) is 38.7 Å². The molecule has 12 heteroatoms. The lowest BCUT2D eigenvalue weighted by molar-refractivity contribution is -0.164. The Balaban J connectivity index is 2.06. The number of nitrogens with one attached hydrogen (secondary N) is 2. The van der Waals surface area contributed by atoms with Gasteiger partial charge in [0.2, 0.25) is 11.8 Å². The van der Waals surface area contributed by atoms with E-state index in [0.717, 1.165) is 5.56 Å². The Morgan fingerprint density at radius 2 is 1.61 bits per heavy atom. The fourth-order valence-corrected chi connectivity index (χ4v) is 6.22. The minimum Gasteiger partial charge on any atom is -0.452 e. The summed E-state index contributed by atoms with van der Waals surface area (Å²) in [7, 11) is 3.06. The summed E-state index contributed by atoms with van der Waals surface area (Å²) in [5.74, 6) is -3.47. The SMILES string of the molecule is CCC[C@H]1NC(=O)c2csc(n2)[C@H](C)NC(=O)[C@H](C(C)C)N(C)C(=O)C(Cc2ccccc2)N(C)C(=O)[C@H](C)OC(=O)[C@@H]1C. The fourth-order valence-electron chi connectivity index (χ4n) is 5.41. The van der Waals surface area contributed by atoms with Crippen LogP contribution in [0.4, 0.5) is 0 Å². The Hall–Kier alpha value is -3.80. The second-order valence-electron chi connectivity index (χ2n) is 11.8. The van der Waals surface area contributed by atoms with Gasteiger partial charge in [0.15, 0.2) is 6.10 Å². The van der Waals surface area contributed by atoms with Gasteiger partial charge in [0.05, 0.1) is 12.0 Å². The van der Waals surface area contributed by atoms with E-state index in [-0.39, 0.29) is 23.9 Å². The number of ether oxygens (including phenoxy) is 1. The standard InChI is InChI=1S/C32H45N5O6S/c1-9-13-23-19(4)32(42)43-21(6)30(40)36(7)25(16-22-14-11-10-12-15-22)31(41)37(8)26(18(2)3)28(39)33-20(5)29-35-24(17-44-29)27(38)34-23/h10-12,14-15,17-21,23,25-26H,9,13,16H2,1-8H3,(H,33,39)(H,34,38)/t19-,20+,21+,23-,25?,26+/m1/s1. The largest absolute Gasteiger partial charge is 0.452 e. The third-order valence-corrected chi connectivity index (χ3v) is 9.08. The van der Waals surface area contributed by atoms with Gasteiger partial charge < -0.3 is 25.2 Å². The molecule has 1 aromatic heterocycles. The molecule has 6 atom stereocenters. The van der Waals surface area contributed by atoms with Crippen molar-refractivity contribution in [2.45, 2.75) is 91.1 Å². The number of esters is 1. The van der Waals surface area contributed by atoms with Crippen molar-refractivity contribution in [1.29, 1.82) is 0 Å². The van der Waals surface area contributed by atoms with Crippen molar-refractivity contribution >= 4 is 40.9 Å². The van der Waals surface area contributed by atoms with Gasteiger partial charge >= 0.3 is 5.97 Å². The third-order valence-electron chi connectivity index (χ3n) is 8.05. The maximum absolute atomic E-state index is 14.1. The van der Waals surface area contributed by atoms with Gasteiger partial charge in [-0.1, -0.05) is 57.5 Å². The highest BCUT2D eigenvalue weighted by Gasteiger charge is 2.39. The minimum absolute atomic E-state index is 0.173. The number of carbonyl (C=O) groups is 5. The molecule has 2 aromatic rings. The molecule has 1 aliphatic heterocycles. The number of cyclic esters (lactones) is 1. The van der Waals surface area contributed by atoms with E-state index in [1.165, 1.54) is 35.1 Å². The van der Waals surface area contributed by atoms with Crippen LogP contribution in [0.2, 0.25) is 0 Å². The van der Waals surface area contributed by atoms with Crippen LogP contribution in [0.5, 0.6) is 0 Å². The van der Waals surface area contributed by atoms with E-state index in [1.807, 2.05) is 51.1 Å². The predicted octanol–water partition coefficient (Wildman–Crippen LogP) is 3.35. The number of hydrogen-bond acceptors (Lipinski definition) is 8. The average Bonchev–Trinajstić information content (AvgIpc) is 3.49. The molecule has 4 amide bonds. The van der Waals surface area contributed by atoms with E-state index in [0.29, 0.717) is 17.8 Å². The van der Waals surface area contributed by atoms with Crippen LogP contribution in [-0.4, -0.2) is 82.7 Å². The third kappa shape index (κ3) is 8.22. The molecule has 0 radical (unpaired) electrons. The van der Waals surface area contributed by atoms with E-state index in [1.54, 1.807) is 26.3 Å². The molecule has 0 aliphatic carbocycles. The second kappa shape index (κ2) is 15.3. The maximum atomic E-state index is 14.1. The van der Waals surface area contributed by atoms with E-state index in [9.17, 15) is 24.0 Å². The minimum atomic E-state index is -1.20. The predicted molar refractivity (Wildman–Crippen MR) is 168 cm³/mol. The van der Waals surface area contributed by atoms with Crippen molar-refractivity contribution in [3.8, 4) is 0 Å². The van der Waals surface area contributed by atoms with Gasteiger partial charge in [0, 0.05) is 31.9 Å². The number of hydrogen-bond donors (Lipinski definition) is 2. The topological polar surface area (TPSA) is 138 Å². The molecule has 2 heterocycles. The van der Waals surface area contributed by atoms with Gasteiger partial charge in [-0.15, -0.1) is 11.3 Å². The molecule has 2 bridgehead atoms. The van der Waals surface area contributed by atoms with Crippen LogP contribution in [0.3, 0.4) is 0 Å². The summed E-state index contributed by atoms with van der Waals surface area (Å²) in [6.07, 6.45) is 0.194.